The van der Waals surface area contributed by atoms with Crippen molar-refractivity contribution < 1.29 is 0 Å². The Balaban J connectivity index is -0.0000000872. The number of nitrogens with two attached hydrogens (primary N) is 4. The Bertz CT molecular complexity index is 216. The fraction of sp³-hybridized carbons (Fsp3) is 0.778. The quantitative estimate of drug-likeness (QED) is 0.0975. The van der Waals surface area contributed by atoms with Crippen molar-refractivity contribution in [1.29, 1.82) is 0 Å². The van der Waals surface area contributed by atoms with Gasteiger partial charge in [-0.1, -0.05) is 184 Å². The summed E-state index contributed by atoms with van der Waals surface area (Å²) < 4.78 is 0. The van der Waals surface area contributed by atoms with Gasteiger partial charge in [-0.2, -0.15) is 0 Å². The maximum Gasteiger partial charge on any atom is -0.00773 e. The van der Waals surface area contributed by atoms with Crippen LogP contribution < -0.4 is 22.9 Å². The summed E-state index contributed by atoms with van der Waals surface area (Å²) >= 11 is 0. The molecule has 0 atom stereocenters. The SMILES string of the molecule is NCCCCCCN.NCCCCCCN.[CH2]CCCC[CH2].[CH2]CCCC[CH2].[CH2]CCCC[CH2].[CH2]CCCC[CH2]. The van der Waals surface area contributed by atoms with E-state index in [1.165, 1.54) is 77.0 Å². The summed E-state index contributed by atoms with van der Waals surface area (Å²) in [6.07, 6.45) is 28.0. The Morgan fingerprint density at radius 2 is 0.325 bits per heavy atom. The number of hydrogen-bond donors (Lipinski definition) is 4. The molecule has 8 radical (unpaired) electrons. The molecule has 4 nitrogen and oxygen atoms in total. The molecule has 0 saturated heterocycles. The molecule has 244 valence electrons. The van der Waals surface area contributed by atoms with Gasteiger partial charge in [0, 0.05) is 0 Å². The summed E-state index contributed by atoms with van der Waals surface area (Å²) in [5.74, 6) is 0. The van der Waals surface area contributed by atoms with Gasteiger partial charge in [-0.25, -0.2) is 0 Å². The Labute approximate surface area is 258 Å². The van der Waals surface area contributed by atoms with Gasteiger partial charge in [-0.15, -0.1) is 0 Å². The van der Waals surface area contributed by atoms with Crippen LogP contribution in [0.15, 0.2) is 0 Å². The lowest BCUT2D eigenvalue weighted by Crippen LogP contribution is -2.00. The molecule has 0 rings (SSSR count). The first-order valence-corrected chi connectivity index (χ1v) is 16.6. The van der Waals surface area contributed by atoms with E-state index in [1.54, 1.807) is 0 Å². The van der Waals surface area contributed by atoms with Gasteiger partial charge < -0.3 is 22.9 Å². The molecule has 0 amide bonds. The third kappa shape index (κ3) is 108. The van der Waals surface area contributed by atoms with E-state index in [4.69, 9.17) is 22.9 Å². The molecule has 0 aliphatic heterocycles. The molecular weight excluding hydrogens is 488 g/mol. The molecule has 0 aromatic heterocycles. The fourth-order valence-electron chi connectivity index (χ4n) is 2.70. The van der Waals surface area contributed by atoms with Crippen LogP contribution in [0.5, 0.6) is 0 Å². The molecule has 0 spiro atoms. The second-order valence-electron chi connectivity index (χ2n) is 9.64. The molecule has 0 aromatic rings. The van der Waals surface area contributed by atoms with E-state index in [0.717, 1.165) is 103 Å². The van der Waals surface area contributed by atoms with E-state index in [1.807, 2.05) is 0 Å². The highest BCUT2D eigenvalue weighted by atomic mass is 14.5. The first kappa shape index (κ1) is 52.5. The highest BCUT2D eigenvalue weighted by Gasteiger charge is 1.84. The summed E-state index contributed by atoms with van der Waals surface area (Å²) in [7, 11) is 0. The van der Waals surface area contributed by atoms with E-state index in [2.05, 4.69) is 55.4 Å². The molecule has 8 N–H and O–H groups in total. The number of hydrogen-bond acceptors (Lipinski definition) is 4. The lowest BCUT2D eigenvalue weighted by atomic mass is 10.2. The largest absolute Gasteiger partial charge is 0.330 e. The van der Waals surface area contributed by atoms with Crippen molar-refractivity contribution >= 4 is 0 Å². The smallest absolute Gasteiger partial charge is 0.00773 e. The summed E-state index contributed by atoms with van der Waals surface area (Å²) in [5.41, 5.74) is 21.1. The molecule has 0 aliphatic carbocycles. The fourth-order valence-corrected chi connectivity index (χ4v) is 2.70. The molecule has 0 fully saturated rings. The molecule has 0 aliphatic rings. The van der Waals surface area contributed by atoms with Crippen LogP contribution in [-0.4, -0.2) is 26.2 Å². The maximum absolute atomic E-state index is 5.28. The molecule has 0 unspecified atom stereocenters. The van der Waals surface area contributed by atoms with E-state index in [-0.39, 0.29) is 0 Å². The average molecular weight is 569 g/mol. The zero-order valence-electron chi connectivity index (χ0n) is 27.8. The molecule has 0 bridgehead atoms. The molecule has 0 heterocycles. The van der Waals surface area contributed by atoms with Crippen LogP contribution in [0.1, 0.15) is 154 Å². The first-order chi connectivity index (χ1) is 19.5. The Hall–Kier alpha value is -0.160. The van der Waals surface area contributed by atoms with Gasteiger partial charge in [0.05, 0.1) is 0 Å². The van der Waals surface area contributed by atoms with Gasteiger partial charge >= 0.3 is 0 Å². The van der Waals surface area contributed by atoms with Crippen LogP contribution in [0.25, 0.3) is 0 Å². The zero-order valence-corrected chi connectivity index (χ0v) is 27.8. The maximum atomic E-state index is 5.28. The van der Waals surface area contributed by atoms with Gasteiger partial charge in [0.1, 0.15) is 0 Å². The molecule has 40 heavy (non-hydrogen) atoms. The first-order valence-electron chi connectivity index (χ1n) is 16.6. The minimum Gasteiger partial charge on any atom is -0.330 e. The van der Waals surface area contributed by atoms with Crippen molar-refractivity contribution in [2.75, 3.05) is 26.2 Å². The Morgan fingerprint density at radius 3 is 0.400 bits per heavy atom. The molecule has 0 saturated carbocycles. The lowest BCUT2D eigenvalue weighted by molar-refractivity contribution is 0.653. The Kier molecular flexibility index (Phi) is 94.1. The second-order valence-corrected chi connectivity index (χ2v) is 9.64. The zero-order chi connectivity index (χ0) is 31.8. The van der Waals surface area contributed by atoms with Crippen LogP contribution in [0.2, 0.25) is 0 Å². The minimum absolute atomic E-state index is 0.824. The summed E-state index contributed by atoms with van der Waals surface area (Å²) in [5, 5.41) is 0. The van der Waals surface area contributed by atoms with Gasteiger partial charge in [-0.05, 0) is 51.9 Å². The molecule has 4 heteroatoms. The summed E-state index contributed by atoms with van der Waals surface area (Å²) in [6, 6.07) is 0. The third-order valence-corrected chi connectivity index (χ3v) is 5.32. The minimum atomic E-state index is 0.824. The van der Waals surface area contributed by atoms with Gasteiger partial charge in [0.25, 0.3) is 0 Å². The van der Waals surface area contributed by atoms with Crippen LogP contribution in [0.4, 0.5) is 0 Å². The highest BCUT2D eigenvalue weighted by molar-refractivity contribution is 4.46. The second kappa shape index (κ2) is 71.8. The van der Waals surface area contributed by atoms with Crippen molar-refractivity contribution in [2.24, 2.45) is 22.9 Å². The van der Waals surface area contributed by atoms with Crippen LogP contribution in [0, 0.1) is 55.4 Å². The highest BCUT2D eigenvalue weighted by Crippen LogP contribution is 1.97. The van der Waals surface area contributed by atoms with E-state index in [9.17, 15) is 0 Å². The van der Waals surface area contributed by atoms with Crippen LogP contribution >= 0.6 is 0 Å². The Morgan fingerprint density at radius 1 is 0.200 bits per heavy atom. The normalized spacial score (nSPS) is 9.30. The van der Waals surface area contributed by atoms with E-state index in [0.29, 0.717) is 0 Å². The monoisotopic (exact) mass is 569 g/mol. The van der Waals surface area contributed by atoms with Crippen molar-refractivity contribution in [3.8, 4) is 0 Å². The topological polar surface area (TPSA) is 104 Å². The van der Waals surface area contributed by atoms with Crippen molar-refractivity contribution in [3.05, 3.63) is 55.4 Å². The van der Waals surface area contributed by atoms with Crippen molar-refractivity contribution in [3.63, 3.8) is 0 Å². The average Bonchev–Trinajstić information content (AvgIpc) is 2.99. The molecule has 0 aromatic carbocycles. The van der Waals surface area contributed by atoms with Crippen molar-refractivity contribution in [2.45, 2.75) is 154 Å². The standard InChI is InChI=1S/2C6H16N2.4C6H12/c2*7-5-3-1-2-4-6-8;4*1-3-5-6-4-2/h2*1-8H2;4*1-6H2. The molecular formula is C36H80N4. The van der Waals surface area contributed by atoms with E-state index < -0.39 is 0 Å². The van der Waals surface area contributed by atoms with Crippen molar-refractivity contribution in [1.82, 2.24) is 0 Å². The van der Waals surface area contributed by atoms with Gasteiger partial charge in [0.2, 0.25) is 0 Å². The summed E-state index contributed by atoms with van der Waals surface area (Å²) in [6.45, 7) is 32.9. The van der Waals surface area contributed by atoms with Gasteiger partial charge in [-0.3, -0.25) is 0 Å². The summed E-state index contributed by atoms with van der Waals surface area (Å²) in [4.78, 5) is 0. The lowest BCUT2D eigenvalue weighted by Gasteiger charge is -1.94. The predicted molar refractivity (Wildman–Crippen MR) is 190 cm³/mol. The number of rotatable bonds is 22. The van der Waals surface area contributed by atoms with Gasteiger partial charge in [0.15, 0.2) is 0 Å². The number of unbranched alkanes of at least 4 members (excludes halogenated alkanes) is 18. The third-order valence-electron chi connectivity index (χ3n) is 5.32. The predicted octanol–water partition coefficient (Wildman–Crippen LogP) is 9.79. The van der Waals surface area contributed by atoms with E-state index >= 15 is 0 Å². The van der Waals surface area contributed by atoms with Crippen LogP contribution in [-0.2, 0) is 0 Å². The van der Waals surface area contributed by atoms with Crippen LogP contribution in [0.3, 0.4) is 0 Å².